The van der Waals surface area contributed by atoms with Crippen LogP contribution in [0.5, 0.6) is 5.75 Å². The average molecular weight is 390 g/mol. The highest BCUT2D eigenvalue weighted by Crippen LogP contribution is 2.26. The topological polar surface area (TPSA) is 50.4 Å². The van der Waals surface area contributed by atoms with Gasteiger partial charge in [0.05, 0.1) is 22.8 Å². The Balaban J connectivity index is 2.06. The van der Waals surface area contributed by atoms with Gasteiger partial charge in [0.2, 0.25) is 0 Å². The Hall–Kier alpha value is -1.53. The van der Waals surface area contributed by atoms with Crippen molar-refractivity contribution in [1.29, 1.82) is 0 Å². The lowest BCUT2D eigenvalue weighted by Gasteiger charge is -2.12. The number of carbonyl (C=O) groups excluding carboxylic acids is 1. The summed E-state index contributed by atoms with van der Waals surface area (Å²) in [6.07, 6.45) is 0. The van der Waals surface area contributed by atoms with E-state index >= 15 is 0 Å². The smallest absolute Gasteiger partial charge is 0.257 e. The molecule has 0 aliphatic heterocycles. The van der Waals surface area contributed by atoms with Crippen LogP contribution in [0.25, 0.3) is 0 Å². The second-order valence-corrected chi connectivity index (χ2v) is 6.04. The van der Waals surface area contributed by atoms with Gasteiger partial charge in [-0.3, -0.25) is 10.1 Å². The van der Waals surface area contributed by atoms with Crippen molar-refractivity contribution in [2.24, 2.45) is 0 Å². The number of ether oxygens (including phenoxy) is 1. The van der Waals surface area contributed by atoms with Gasteiger partial charge in [-0.2, -0.15) is 0 Å². The summed E-state index contributed by atoms with van der Waals surface area (Å²) in [6, 6.07) is 9.55. The molecule has 8 heteroatoms. The number of nitrogens with one attached hydrogen (secondary N) is 2. The van der Waals surface area contributed by atoms with Gasteiger partial charge in [0.1, 0.15) is 5.75 Å². The van der Waals surface area contributed by atoms with Gasteiger partial charge < -0.3 is 10.1 Å². The average Bonchev–Trinajstić information content (AvgIpc) is 2.50. The van der Waals surface area contributed by atoms with Gasteiger partial charge in [-0.05, 0) is 48.6 Å². The lowest BCUT2D eigenvalue weighted by atomic mass is 10.2. The van der Waals surface area contributed by atoms with E-state index in [9.17, 15) is 4.79 Å². The van der Waals surface area contributed by atoms with Crippen LogP contribution < -0.4 is 15.4 Å². The summed E-state index contributed by atoms with van der Waals surface area (Å²) in [4.78, 5) is 12.2. The number of thiocarbonyl (C=S) groups is 1. The highest BCUT2D eigenvalue weighted by atomic mass is 35.5. The number of benzene rings is 2. The quantitative estimate of drug-likeness (QED) is 0.742. The fourth-order valence-electron chi connectivity index (χ4n) is 1.73. The van der Waals surface area contributed by atoms with Crippen molar-refractivity contribution in [2.45, 2.75) is 0 Å². The normalized spacial score (nSPS) is 10.1. The number of halogens is 3. The minimum absolute atomic E-state index is 0.0890. The first-order valence-corrected chi connectivity index (χ1v) is 7.86. The van der Waals surface area contributed by atoms with E-state index in [1.165, 1.54) is 13.2 Å². The summed E-state index contributed by atoms with van der Waals surface area (Å²) >= 11 is 23.0. The van der Waals surface area contributed by atoms with Crippen molar-refractivity contribution in [3.63, 3.8) is 0 Å². The lowest BCUT2D eigenvalue weighted by molar-refractivity contribution is 0.0977. The molecule has 0 radical (unpaired) electrons. The molecule has 2 rings (SSSR count). The molecule has 0 aliphatic rings. The second kappa shape index (κ2) is 7.84. The Morgan fingerprint density at radius 3 is 2.48 bits per heavy atom. The maximum absolute atomic E-state index is 12.2. The molecule has 0 fully saturated rings. The zero-order valence-electron chi connectivity index (χ0n) is 11.8. The minimum atomic E-state index is -0.412. The number of carbonyl (C=O) groups is 1. The molecule has 2 aromatic rings. The first kappa shape index (κ1) is 17.8. The zero-order chi connectivity index (χ0) is 17.0. The maximum atomic E-state index is 12.2. The van der Waals surface area contributed by atoms with E-state index in [4.69, 9.17) is 51.8 Å². The van der Waals surface area contributed by atoms with E-state index in [1.54, 1.807) is 30.3 Å². The van der Waals surface area contributed by atoms with Crippen molar-refractivity contribution in [2.75, 3.05) is 12.4 Å². The molecule has 4 nitrogen and oxygen atoms in total. The molecule has 2 aromatic carbocycles. The number of hydrogen-bond donors (Lipinski definition) is 2. The molecular formula is C15H11Cl3N2O2S. The summed E-state index contributed by atoms with van der Waals surface area (Å²) in [7, 11) is 1.49. The van der Waals surface area contributed by atoms with Crippen molar-refractivity contribution < 1.29 is 9.53 Å². The molecule has 0 aromatic heterocycles. The number of anilines is 1. The van der Waals surface area contributed by atoms with E-state index < -0.39 is 5.91 Å². The molecule has 0 bridgehead atoms. The van der Waals surface area contributed by atoms with E-state index in [0.29, 0.717) is 32.1 Å². The van der Waals surface area contributed by atoms with Crippen molar-refractivity contribution in [3.05, 3.63) is 57.0 Å². The third kappa shape index (κ3) is 4.72. The Morgan fingerprint density at radius 2 is 1.83 bits per heavy atom. The molecule has 23 heavy (non-hydrogen) atoms. The van der Waals surface area contributed by atoms with Crippen LogP contribution in [0.2, 0.25) is 15.1 Å². The van der Waals surface area contributed by atoms with Gasteiger partial charge in [-0.15, -0.1) is 0 Å². The summed E-state index contributed by atoms with van der Waals surface area (Å²) in [6.45, 7) is 0. The van der Waals surface area contributed by atoms with Crippen LogP contribution in [-0.2, 0) is 0 Å². The Kier molecular flexibility index (Phi) is 6.07. The van der Waals surface area contributed by atoms with Gasteiger partial charge in [-0.1, -0.05) is 34.8 Å². The zero-order valence-corrected chi connectivity index (χ0v) is 14.9. The van der Waals surface area contributed by atoms with Crippen molar-refractivity contribution >= 4 is 63.7 Å². The standard InChI is InChI=1S/C15H11Cl3N2O2S/c1-22-13-5-2-8(6-11(13)18)14(21)20-15(23)19-12-7-9(16)3-4-10(12)17/h2-7H,1H3,(H2,19,20,21,23). The van der Waals surface area contributed by atoms with Gasteiger partial charge in [-0.25, -0.2) is 0 Å². The van der Waals surface area contributed by atoms with Crippen LogP contribution in [-0.4, -0.2) is 18.1 Å². The molecule has 0 spiro atoms. The molecule has 120 valence electrons. The first-order valence-electron chi connectivity index (χ1n) is 6.31. The third-order valence-electron chi connectivity index (χ3n) is 2.82. The van der Waals surface area contributed by atoms with Gasteiger partial charge in [0.15, 0.2) is 5.11 Å². The molecule has 2 N–H and O–H groups in total. The predicted octanol–water partition coefficient (Wildman–Crippen LogP) is 4.78. The Labute approximate surface area is 153 Å². The van der Waals surface area contributed by atoms with Gasteiger partial charge in [0, 0.05) is 10.6 Å². The van der Waals surface area contributed by atoms with Crippen LogP contribution in [0, 0.1) is 0 Å². The largest absolute Gasteiger partial charge is 0.495 e. The van der Waals surface area contributed by atoms with E-state index in [0.717, 1.165) is 0 Å². The fraction of sp³-hybridized carbons (Fsp3) is 0.0667. The monoisotopic (exact) mass is 388 g/mol. The highest BCUT2D eigenvalue weighted by molar-refractivity contribution is 7.80. The summed E-state index contributed by atoms with van der Waals surface area (Å²) in [5.41, 5.74) is 0.842. The van der Waals surface area contributed by atoms with Crippen LogP contribution >= 0.6 is 47.0 Å². The van der Waals surface area contributed by atoms with Gasteiger partial charge >= 0.3 is 0 Å². The van der Waals surface area contributed by atoms with Crippen LogP contribution in [0.4, 0.5) is 5.69 Å². The SMILES string of the molecule is COc1ccc(C(=O)NC(=S)Nc2cc(Cl)ccc2Cl)cc1Cl. The Morgan fingerprint density at radius 1 is 1.09 bits per heavy atom. The molecule has 0 atom stereocenters. The molecule has 1 amide bonds. The van der Waals surface area contributed by atoms with E-state index in [-0.39, 0.29) is 5.11 Å². The fourth-order valence-corrected chi connectivity index (χ4v) is 2.53. The van der Waals surface area contributed by atoms with E-state index in [1.807, 2.05) is 0 Å². The summed E-state index contributed by atoms with van der Waals surface area (Å²) < 4.78 is 5.04. The molecule has 0 saturated heterocycles. The summed E-state index contributed by atoms with van der Waals surface area (Å²) in [5.74, 6) is 0.0693. The number of hydrogen-bond acceptors (Lipinski definition) is 3. The predicted molar refractivity (Wildman–Crippen MR) is 98.2 cm³/mol. The van der Waals surface area contributed by atoms with Crippen LogP contribution in [0.3, 0.4) is 0 Å². The molecule has 0 aliphatic carbocycles. The van der Waals surface area contributed by atoms with E-state index in [2.05, 4.69) is 10.6 Å². The molecule has 0 unspecified atom stereocenters. The lowest BCUT2D eigenvalue weighted by Crippen LogP contribution is -2.34. The molecule has 0 saturated carbocycles. The number of rotatable bonds is 3. The van der Waals surface area contributed by atoms with Crippen molar-refractivity contribution in [1.82, 2.24) is 5.32 Å². The maximum Gasteiger partial charge on any atom is 0.257 e. The Bertz CT molecular complexity index is 768. The minimum Gasteiger partial charge on any atom is -0.495 e. The second-order valence-electron chi connectivity index (χ2n) is 4.38. The third-order valence-corrected chi connectivity index (χ3v) is 3.88. The van der Waals surface area contributed by atoms with Gasteiger partial charge in [0.25, 0.3) is 5.91 Å². The molecule has 0 heterocycles. The van der Waals surface area contributed by atoms with Crippen molar-refractivity contribution in [3.8, 4) is 5.75 Å². The number of methoxy groups -OCH3 is 1. The highest BCUT2D eigenvalue weighted by Gasteiger charge is 2.11. The first-order chi connectivity index (χ1) is 10.9. The van der Waals surface area contributed by atoms with Crippen LogP contribution in [0.1, 0.15) is 10.4 Å². The molecular weight excluding hydrogens is 379 g/mol. The summed E-state index contributed by atoms with van der Waals surface area (Å²) in [5, 5.41) is 6.69. The number of amides is 1. The van der Waals surface area contributed by atoms with Crippen LogP contribution in [0.15, 0.2) is 36.4 Å².